The van der Waals surface area contributed by atoms with Crippen molar-refractivity contribution in [1.29, 1.82) is 0 Å². The second-order valence-corrected chi connectivity index (χ2v) is 5.21. The number of aliphatic carboxylic acids is 1. The SMILES string of the molecule is CCC(NC(=O)CSc1nncn1C(C)C)C(=O)O. The molecule has 1 heterocycles. The first-order chi connectivity index (χ1) is 8.95. The number of thioether (sulfide) groups is 1. The zero-order valence-electron chi connectivity index (χ0n) is 11.2. The predicted octanol–water partition coefficient (Wildman–Crippen LogP) is 0.930. The quantitative estimate of drug-likeness (QED) is 0.724. The summed E-state index contributed by atoms with van der Waals surface area (Å²) in [5, 5.41) is 19.7. The average molecular weight is 286 g/mol. The standard InChI is InChI=1S/C11H18N4O3S/c1-4-8(10(17)18)13-9(16)5-19-11-14-12-6-15(11)7(2)3/h6-8H,4-5H2,1-3H3,(H,13,16)(H,17,18). The largest absolute Gasteiger partial charge is 0.480 e. The van der Waals surface area contributed by atoms with Gasteiger partial charge in [-0.2, -0.15) is 0 Å². The molecule has 0 aliphatic heterocycles. The Morgan fingerprint density at radius 3 is 2.74 bits per heavy atom. The van der Waals surface area contributed by atoms with Gasteiger partial charge >= 0.3 is 5.97 Å². The zero-order chi connectivity index (χ0) is 14.4. The molecule has 1 amide bonds. The molecular formula is C11H18N4O3S. The molecule has 7 nitrogen and oxygen atoms in total. The van der Waals surface area contributed by atoms with Crippen molar-refractivity contribution in [3.63, 3.8) is 0 Å². The van der Waals surface area contributed by atoms with Crippen molar-refractivity contribution in [2.45, 2.75) is 44.4 Å². The third-order valence-corrected chi connectivity index (χ3v) is 3.43. The van der Waals surface area contributed by atoms with E-state index in [-0.39, 0.29) is 17.7 Å². The Balaban J connectivity index is 2.50. The molecule has 0 aromatic carbocycles. The van der Waals surface area contributed by atoms with Gasteiger partial charge in [0.15, 0.2) is 5.16 Å². The minimum Gasteiger partial charge on any atom is -0.480 e. The van der Waals surface area contributed by atoms with Crippen LogP contribution in [0.1, 0.15) is 33.2 Å². The summed E-state index contributed by atoms with van der Waals surface area (Å²) >= 11 is 1.24. The van der Waals surface area contributed by atoms with Crippen LogP contribution in [0.5, 0.6) is 0 Å². The number of hydrogen-bond acceptors (Lipinski definition) is 5. The summed E-state index contributed by atoms with van der Waals surface area (Å²) < 4.78 is 1.85. The Bertz CT molecular complexity index is 447. The van der Waals surface area contributed by atoms with Crippen molar-refractivity contribution in [3.05, 3.63) is 6.33 Å². The molecule has 2 N–H and O–H groups in total. The number of rotatable bonds is 7. The molecule has 8 heteroatoms. The molecule has 0 aliphatic rings. The molecule has 1 aromatic heterocycles. The van der Waals surface area contributed by atoms with E-state index in [1.54, 1.807) is 13.3 Å². The number of aromatic nitrogens is 3. The Hall–Kier alpha value is -1.57. The summed E-state index contributed by atoms with van der Waals surface area (Å²) in [6.07, 6.45) is 1.96. The molecule has 0 bridgehead atoms. The van der Waals surface area contributed by atoms with Crippen LogP contribution in [-0.2, 0) is 9.59 Å². The number of carbonyl (C=O) groups excluding carboxylic acids is 1. The number of carbonyl (C=O) groups is 2. The molecule has 0 fully saturated rings. The molecule has 0 saturated heterocycles. The number of carboxylic acid groups (broad SMARTS) is 1. The van der Waals surface area contributed by atoms with E-state index in [0.29, 0.717) is 11.6 Å². The lowest BCUT2D eigenvalue weighted by Crippen LogP contribution is -2.41. The maximum Gasteiger partial charge on any atom is 0.326 e. The third kappa shape index (κ3) is 4.55. The third-order valence-electron chi connectivity index (χ3n) is 2.47. The molecule has 1 unspecified atom stereocenters. The maximum atomic E-state index is 11.6. The number of nitrogens with one attached hydrogen (secondary N) is 1. The molecule has 0 saturated carbocycles. The summed E-state index contributed by atoms with van der Waals surface area (Å²) in [6, 6.07) is -0.626. The molecule has 106 valence electrons. The normalized spacial score (nSPS) is 12.4. The summed E-state index contributed by atoms with van der Waals surface area (Å²) in [5.41, 5.74) is 0. The first kappa shape index (κ1) is 15.5. The van der Waals surface area contributed by atoms with E-state index in [1.807, 2.05) is 18.4 Å². The van der Waals surface area contributed by atoms with Crippen LogP contribution in [-0.4, -0.2) is 43.5 Å². The highest BCUT2D eigenvalue weighted by Crippen LogP contribution is 2.18. The lowest BCUT2D eigenvalue weighted by Gasteiger charge is -2.12. The summed E-state index contributed by atoms with van der Waals surface area (Å²) in [6.45, 7) is 5.69. The summed E-state index contributed by atoms with van der Waals surface area (Å²) in [7, 11) is 0. The average Bonchev–Trinajstić information content (AvgIpc) is 2.81. The number of nitrogens with zero attached hydrogens (tertiary/aromatic N) is 3. The fourth-order valence-corrected chi connectivity index (χ4v) is 2.25. The number of hydrogen-bond donors (Lipinski definition) is 2. The van der Waals surface area contributed by atoms with Crippen LogP contribution < -0.4 is 5.32 Å². The van der Waals surface area contributed by atoms with Gasteiger partial charge in [-0.25, -0.2) is 4.79 Å². The Morgan fingerprint density at radius 1 is 1.53 bits per heavy atom. The van der Waals surface area contributed by atoms with Crippen LogP contribution in [0.2, 0.25) is 0 Å². The van der Waals surface area contributed by atoms with Gasteiger partial charge in [0, 0.05) is 6.04 Å². The van der Waals surface area contributed by atoms with E-state index >= 15 is 0 Å². The number of amides is 1. The van der Waals surface area contributed by atoms with Gasteiger partial charge in [0.2, 0.25) is 5.91 Å². The van der Waals surface area contributed by atoms with Crippen molar-refractivity contribution in [2.75, 3.05) is 5.75 Å². The fraction of sp³-hybridized carbons (Fsp3) is 0.636. The van der Waals surface area contributed by atoms with Crippen molar-refractivity contribution < 1.29 is 14.7 Å². The Labute approximate surface area is 115 Å². The Morgan fingerprint density at radius 2 is 2.21 bits per heavy atom. The van der Waals surface area contributed by atoms with Crippen LogP contribution in [0.4, 0.5) is 0 Å². The van der Waals surface area contributed by atoms with Gasteiger partial charge in [0.1, 0.15) is 12.4 Å². The van der Waals surface area contributed by atoms with Gasteiger partial charge in [0.25, 0.3) is 0 Å². The lowest BCUT2D eigenvalue weighted by molar-refractivity contribution is -0.141. The van der Waals surface area contributed by atoms with Crippen LogP contribution in [0.15, 0.2) is 11.5 Å². The number of carboxylic acids is 1. The molecule has 1 aromatic rings. The van der Waals surface area contributed by atoms with Crippen molar-refractivity contribution >= 4 is 23.6 Å². The molecule has 1 atom stereocenters. The molecule has 19 heavy (non-hydrogen) atoms. The van der Waals surface area contributed by atoms with Crippen LogP contribution in [0.25, 0.3) is 0 Å². The van der Waals surface area contributed by atoms with Gasteiger partial charge in [-0.1, -0.05) is 18.7 Å². The predicted molar refractivity (Wildman–Crippen MR) is 71.0 cm³/mol. The van der Waals surface area contributed by atoms with E-state index < -0.39 is 12.0 Å². The lowest BCUT2D eigenvalue weighted by atomic mass is 10.2. The highest BCUT2D eigenvalue weighted by Gasteiger charge is 2.18. The topological polar surface area (TPSA) is 97.1 Å². The van der Waals surface area contributed by atoms with Gasteiger partial charge < -0.3 is 15.0 Å². The first-order valence-corrected chi connectivity index (χ1v) is 6.98. The smallest absolute Gasteiger partial charge is 0.326 e. The minimum absolute atomic E-state index is 0.120. The van der Waals surface area contributed by atoms with Crippen LogP contribution in [0, 0.1) is 0 Å². The van der Waals surface area contributed by atoms with E-state index in [2.05, 4.69) is 15.5 Å². The second kappa shape index (κ2) is 7.13. The maximum absolute atomic E-state index is 11.6. The van der Waals surface area contributed by atoms with E-state index in [0.717, 1.165) is 0 Å². The van der Waals surface area contributed by atoms with Gasteiger partial charge in [-0.3, -0.25) is 4.79 Å². The minimum atomic E-state index is -1.02. The monoisotopic (exact) mass is 286 g/mol. The van der Waals surface area contributed by atoms with Gasteiger partial charge in [-0.05, 0) is 20.3 Å². The molecule has 0 spiro atoms. The summed E-state index contributed by atoms with van der Waals surface area (Å²) in [5.74, 6) is -1.22. The van der Waals surface area contributed by atoms with Crippen molar-refractivity contribution in [1.82, 2.24) is 20.1 Å². The Kier molecular flexibility index (Phi) is 5.81. The zero-order valence-corrected chi connectivity index (χ0v) is 12.0. The van der Waals surface area contributed by atoms with E-state index in [9.17, 15) is 9.59 Å². The van der Waals surface area contributed by atoms with Gasteiger partial charge in [-0.15, -0.1) is 10.2 Å². The second-order valence-electron chi connectivity index (χ2n) is 4.27. The van der Waals surface area contributed by atoms with E-state index in [1.165, 1.54) is 11.8 Å². The van der Waals surface area contributed by atoms with Crippen LogP contribution >= 0.6 is 11.8 Å². The summed E-state index contributed by atoms with van der Waals surface area (Å²) in [4.78, 5) is 22.4. The van der Waals surface area contributed by atoms with Crippen molar-refractivity contribution in [3.8, 4) is 0 Å². The van der Waals surface area contributed by atoms with Crippen molar-refractivity contribution in [2.24, 2.45) is 0 Å². The highest BCUT2D eigenvalue weighted by molar-refractivity contribution is 7.99. The van der Waals surface area contributed by atoms with E-state index in [4.69, 9.17) is 5.11 Å². The van der Waals surface area contributed by atoms with Crippen LogP contribution in [0.3, 0.4) is 0 Å². The highest BCUT2D eigenvalue weighted by atomic mass is 32.2. The fourth-order valence-electron chi connectivity index (χ4n) is 1.39. The van der Waals surface area contributed by atoms with Gasteiger partial charge in [0.05, 0.1) is 5.75 Å². The molecular weight excluding hydrogens is 268 g/mol. The first-order valence-electron chi connectivity index (χ1n) is 6.00. The molecule has 0 aliphatic carbocycles. The molecule has 1 rings (SSSR count). The molecule has 0 radical (unpaired) electrons.